The molecule has 1 amide bonds. The first-order valence-electron chi connectivity index (χ1n) is 6.45. The lowest BCUT2D eigenvalue weighted by molar-refractivity contribution is -0.118. The largest absolute Gasteiger partial charge is 0.370 e. The summed E-state index contributed by atoms with van der Waals surface area (Å²) in [4.78, 5) is 10.5. The molecule has 94 valence electrons. The number of amides is 1. The fraction of sp³-hybridized carbons (Fsp3) is 0.917. The molecule has 2 unspecified atom stereocenters. The van der Waals surface area contributed by atoms with Crippen molar-refractivity contribution in [2.45, 2.75) is 51.0 Å². The van der Waals surface area contributed by atoms with Crippen LogP contribution in [0.5, 0.6) is 0 Å². The third kappa shape index (κ3) is 4.94. The maximum Gasteiger partial charge on any atom is 0.217 e. The van der Waals surface area contributed by atoms with Crippen molar-refractivity contribution in [3.05, 3.63) is 0 Å². The molecule has 0 radical (unpaired) electrons. The van der Waals surface area contributed by atoms with E-state index < -0.39 is 0 Å². The smallest absolute Gasteiger partial charge is 0.217 e. The number of nitrogens with two attached hydrogens (primary N) is 2. The van der Waals surface area contributed by atoms with Crippen molar-refractivity contribution in [1.82, 2.24) is 5.32 Å². The van der Waals surface area contributed by atoms with Crippen LogP contribution in [0.1, 0.15) is 44.9 Å². The van der Waals surface area contributed by atoms with Gasteiger partial charge in [-0.25, -0.2) is 0 Å². The molecule has 0 aromatic rings. The van der Waals surface area contributed by atoms with E-state index in [1.807, 2.05) is 0 Å². The topological polar surface area (TPSA) is 81.1 Å². The van der Waals surface area contributed by atoms with Gasteiger partial charge in [0.2, 0.25) is 5.91 Å². The van der Waals surface area contributed by atoms with Crippen molar-refractivity contribution in [3.63, 3.8) is 0 Å². The Morgan fingerprint density at radius 3 is 2.69 bits per heavy atom. The molecule has 1 rings (SSSR count). The molecule has 4 nitrogen and oxygen atoms in total. The molecule has 0 heterocycles. The van der Waals surface area contributed by atoms with Gasteiger partial charge in [0.05, 0.1) is 0 Å². The lowest BCUT2D eigenvalue weighted by Gasteiger charge is -2.31. The summed E-state index contributed by atoms with van der Waals surface area (Å²) in [7, 11) is 0. The van der Waals surface area contributed by atoms with E-state index in [1.165, 1.54) is 25.7 Å². The van der Waals surface area contributed by atoms with Crippen LogP contribution in [0, 0.1) is 5.92 Å². The third-order valence-corrected chi connectivity index (χ3v) is 3.47. The van der Waals surface area contributed by atoms with E-state index in [0.717, 1.165) is 25.9 Å². The first-order chi connectivity index (χ1) is 7.74. The minimum absolute atomic E-state index is 0.197. The van der Waals surface area contributed by atoms with Crippen molar-refractivity contribution >= 4 is 5.91 Å². The molecule has 1 aliphatic carbocycles. The van der Waals surface area contributed by atoms with E-state index in [1.54, 1.807) is 0 Å². The minimum Gasteiger partial charge on any atom is -0.370 e. The maximum absolute atomic E-state index is 10.5. The van der Waals surface area contributed by atoms with Crippen LogP contribution in [0.3, 0.4) is 0 Å². The molecule has 1 aliphatic rings. The molecule has 4 heteroatoms. The van der Waals surface area contributed by atoms with E-state index in [2.05, 4.69) is 5.32 Å². The highest BCUT2D eigenvalue weighted by Crippen LogP contribution is 2.23. The molecule has 0 spiro atoms. The van der Waals surface area contributed by atoms with Crippen LogP contribution >= 0.6 is 0 Å². The quantitative estimate of drug-likeness (QED) is 0.561. The number of carbonyl (C=O) groups excluding carboxylic acids is 1. The fourth-order valence-electron chi connectivity index (χ4n) is 2.47. The van der Waals surface area contributed by atoms with Crippen molar-refractivity contribution < 1.29 is 4.79 Å². The number of rotatable bonds is 7. The summed E-state index contributed by atoms with van der Waals surface area (Å²) in [5.41, 5.74) is 10.8. The second-order valence-corrected chi connectivity index (χ2v) is 4.76. The SMILES string of the molecule is NCC1CCCCC1NCCCCC(N)=O. The highest BCUT2D eigenvalue weighted by Gasteiger charge is 2.22. The van der Waals surface area contributed by atoms with Crippen molar-refractivity contribution in [1.29, 1.82) is 0 Å². The summed E-state index contributed by atoms with van der Waals surface area (Å²) in [5, 5.41) is 3.56. The monoisotopic (exact) mass is 227 g/mol. The van der Waals surface area contributed by atoms with Crippen LogP contribution in [0.2, 0.25) is 0 Å². The number of nitrogens with one attached hydrogen (secondary N) is 1. The fourth-order valence-corrected chi connectivity index (χ4v) is 2.47. The molecule has 0 bridgehead atoms. The van der Waals surface area contributed by atoms with Crippen LogP contribution in [0.4, 0.5) is 0 Å². The van der Waals surface area contributed by atoms with Crippen molar-refractivity contribution in [2.75, 3.05) is 13.1 Å². The second-order valence-electron chi connectivity index (χ2n) is 4.76. The third-order valence-electron chi connectivity index (χ3n) is 3.47. The zero-order chi connectivity index (χ0) is 11.8. The van der Waals surface area contributed by atoms with Gasteiger partial charge in [-0.15, -0.1) is 0 Å². The average molecular weight is 227 g/mol. The average Bonchev–Trinajstić information content (AvgIpc) is 2.29. The molecule has 1 saturated carbocycles. The van der Waals surface area contributed by atoms with Gasteiger partial charge in [-0.2, -0.15) is 0 Å². The summed E-state index contributed by atoms with van der Waals surface area (Å²) in [6, 6.07) is 0.590. The Hall–Kier alpha value is -0.610. The van der Waals surface area contributed by atoms with Crippen LogP contribution in [0.25, 0.3) is 0 Å². The molecule has 5 N–H and O–H groups in total. The Balaban J connectivity index is 2.08. The van der Waals surface area contributed by atoms with Gasteiger partial charge in [-0.05, 0) is 44.7 Å². The predicted molar refractivity (Wildman–Crippen MR) is 65.8 cm³/mol. The van der Waals surface area contributed by atoms with Crippen LogP contribution in [0.15, 0.2) is 0 Å². The Kier molecular flexibility index (Phi) is 6.42. The number of hydrogen-bond acceptors (Lipinski definition) is 3. The van der Waals surface area contributed by atoms with Crippen LogP contribution in [-0.2, 0) is 4.79 Å². The lowest BCUT2D eigenvalue weighted by Crippen LogP contribution is -2.42. The first kappa shape index (κ1) is 13.5. The zero-order valence-electron chi connectivity index (χ0n) is 10.1. The summed E-state index contributed by atoms with van der Waals surface area (Å²) >= 11 is 0. The summed E-state index contributed by atoms with van der Waals surface area (Å²) < 4.78 is 0. The van der Waals surface area contributed by atoms with E-state index in [4.69, 9.17) is 11.5 Å². The van der Waals surface area contributed by atoms with Gasteiger partial charge in [0.15, 0.2) is 0 Å². The standard InChI is InChI=1S/C12H25N3O/c13-9-10-5-1-2-6-11(10)15-8-4-3-7-12(14)16/h10-11,15H,1-9,13H2,(H2,14,16). The summed E-state index contributed by atoms with van der Waals surface area (Å²) in [5.74, 6) is 0.447. The van der Waals surface area contributed by atoms with Crippen molar-refractivity contribution in [2.24, 2.45) is 17.4 Å². The van der Waals surface area contributed by atoms with Crippen LogP contribution in [-0.4, -0.2) is 25.0 Å². The van der Waals surface area contributed by atoms with E-state index in [0.29, 0.717) is 18.4 Å². The van der Waals surface area contributed by atoms with E-state index in [-0.39, 0.29) is 5.91 Å². The molecule has 0 aliphatic heterocycles. The number of hydrogen-bond donors (Lipinski definition) is 3. The molecular formula is C12H25N3O. The van der Waals surface area contributed by atoms with Gasteiger partial charge >= 0.3 is 0 Å². The minimum atomic E-state index is -0.197. The molecule has 0 aromatic carbocycles. The first-order valence-corrected chi connectivity index (χ1v) is 6.45. The van der Waals surface area contributed by atoms with E-state index in [9.17, 15) is 4.79 Å². The Morgan fingerprint density at radius 2 is 2.00 bits per heavy atom. The van der Waals surface area contributed by atoms with Gasteiger partial charge in [-0.3, -0.25) is 4.79 Å². The highest BCUT2D eigenvalue weighted by atomic mass is 16.1. The summed E-state index contributed by atoms with van der Waals surface area (Å²) in [6.07, 6.45) is 7.57. The normalized spacial score (nSPS) is 25.6. The van der Waals surface area contributed by atoms with Gasteiger partial charge in [0, 0.05) is 12.5 Å². The molecule has 1 fully saturated rings. The Bertz CT molecular complexity index is 208. The molecule has 0 saturated heterocycles. The van der Waals surface area contributed by atoms with Gasteiger partial charge in [-0.1, -0.05) is 12.8 Å². The number of unbranched alkanes of at least 4 members (excludes halogenated alkanes) is 1. The summed E-state index contributed by atoms with van der Waals surface area (Å²) in [6.45, 7) is 1.77. The molecule has 0 aromatic heterocycles. The lowest BCUT2D eigenvalue weighted by atomic mass is 9.84. The highest BCUT2D eigenvalue weighted by molar-refractivity contribution is 5.73. The Labute approximate surface area is 98.1 Å². The van der Waals surface area contributed by atoms with Crippen molar-refractivity contribution in [3.8, 4) is 0 Å². The maximum atomic E-state index is 10.5. The van der Waals surface area contributed by atoms with Gasteiger partial charge in [0.1, 0.15) is 0 Å². The number of primary amides is 1. The Morgan fingerprint density at radius 1 is 1.25 bits per heavy atom. The van der Waals surface area contributed by atoms with E-state index >= 15 is 0 Å². The molecular weight excluding hydrogens is 202 g/mol. The zero-order valence-corrected chi connectivity index (χ0v) is 10.1. The molecule has 2 atom stereocenters. The van der Waals surface area contributed by atoms with Gasteiger partial charge in [0.25, 0.3) is 0 Å². The van der Waals surface area contributed by atoms with Gasteiger partial charge < -0.3 is 16.8 Å². The predicted octanol–water partition coefficient (Wildman–Crippen LogP) is 0.749. The van der Waals surface area contributed by atoms with Crippen LogP contribution < -0.4 is 16.8 Å². The molecule has 16 heavy (non-hydrogen) atoms. The second kappa shape index (κ2) is 7.63. The number of carbonyl (C=O) groups is 1.